The Morgan fingerprint density at radius 2 is 1.83 bits per heavy atom. The molecule has 150 valence electrons. The first-order chi connectivity index (χ1) is 14.1. The number of nitrogens with zero attached hydrogens (tertiary/aromatic N) is 1. The average molecular weight is 414 g/mol. The highest BCUT2D eigenvalue weighted by molar-refractivity contribution is 6.30. The molecule has 2 aromatic carbocycles. The molecule has 7 heteroatoms. The molecule has 1 aliphatic rings. The molecule has 3 aromatic rings. The molecule has 2 amide bonds. The number of aromatic nitrogens is 1. The Balaban J connectivity index is 1.30. The van der Waals surface area contributed by atoms with Gasteiger partial charge in [-0.05, 0) is 85.7 Å². The average Bonchev–Trinajstić information content (AvgIpc) is 2.74. The molecule has 1 aliphatic carbocycles. The molecule has 0 aliphatic heterocycles. The number of halogens is 2. The number of carbonyl (C=O) groups is 1. The number of rotatable bonds is 4. The van der Waals surface area contributed by atoms with Crippen molar-refractivity contribution in [1.82, 2.24) is 10.5 Å². The Morgan fingerprint density at radius 1 is 1.07 bits per heavy atom. The van der Waals surface area contributed by atoms with E-state index in [4.69, 9.17) is 16.4 Å². The molecule has 4 rings (SSSR count). The number of pyridine rings is 1. The van der Waals surface area contributed by atoms with Crippen LogP contribution >= 0.6 is 11.6 Å². The van der Waals surface area contributed by atoms with Crippen LogP contribution in [0.25, 0.3) is 10.9 Å². The molecule has 0 unspecified atom stereocenters. The molecule has 2 N–H and O–H groups in total. The molecule has 0 radical (unpaired) electrons. The second-order valence-corrected chi connectivity index (χ2v) is 7.65. The predicted molar refractivity (Wildman–Crippen MR) is 111 cm³/mol. The Labute approximate surface area is 173 Å². The topological polar surface area (TPSA) is 63.2 Å². The fraction of sp³-hybridized carbons (Fsp3) is 0.273. The minimum Gasteiger partial charge on any atom is -0.306 e. The van der Waals surface area contributed by atoms with Gasteiger partial charge in [-0.15, -0.1) is 0 Å². The largest absolute Gasteiger partial charge is 0.343 e. The maximum atomic E-state index is 13.7. The summed E-state index contributed by atoms with van der Waals surface area (Å²) >= 11 is 5.83. The van der Waals surface area contributed by atoms with Crippen molar-refractivity contribution in [2.24, 2.45) is 0 Å². The summed E-state index contributed by atoms with van der Waals surface area (Å²) in [5.41, 5.74) is 5.03. The quantitative estimate of drug-likeness (QED) is 0.531. The number of fused-ring (bicyclic) bond motifs is 1. The zero-order valence-electron chi connectivity index (χ0n) is 15.7. The van der Waals surface area contributed by atoms with E-state index in [1.807, 2.05) is 6.07 Å². The van der Waals surface area contributed by atoms with E-state index in [2.05, 4.69) is 15.8 Å². The molecular weight excluding hydrogens is 393 g/mol. The summed E-state index contributed by atoms with van der Waals surface area (Å²) in [6.07, 6.45) is 5.16. The van der Waals surface area contributed by atoms with Gasteiger partial charge in [-0.1, -0.05) is 11.6 Å². The summed E-state index contributed by atoms with van der Waals surface area (Å²) in [6, 6.07) is 13.1. The third-order valence-electron chi connectivity index (χ3n) is 5.27. The molecule has 1 saturated carbocycles. The van der Waals surface area contributed by atoms with Crippen LogP contribution in [0.4, 0.5) is 14.9 Å². The molecule has 1 heterocycles. The van der Waals surface area contributed by atoms with Crippen molar-refractivity contribution in [3.8, 4) is 0 Å². The summed E-state index contributed by atoms with van der Waals surface area (Å²) < 4.78 is 13.7. The number of hydrogen-bond donors (Lipinski definition) is 2. The second kappa shape index (κ2) is 8.76. The molecule has 29 heavy (non-hydrogen) atoms. The lowest BCUT2D eigenvalue weighted by Crippen LogP contribution is -2.34. The first kappa shape index (κ1) is 19.6. The van der Waals surface area contributed by atoms with E-state index in [0.29, 0.717) is 16.6 Å². The fourth-order valence-corrected chi connectivity index (χ4v) is 3.94. The van der Waals surface area contributed by atoms with Crippen molar-refractivity contribution in [3.05, 3.63) is 71.1 Å². The van der Waals surface area contributed by atoms with Crippen molar-refractivity contribution >= 4 is 34.2 Å². The minimum atomic E-state index is -0.426. The van der Waals surface area contributed by atoms with Crippen molar-refractivity contribution < 1.29 is 14.0 Å². The van der Waals surface area contributed by atoms with E-state index in [9.17, 15) is 9.18 Å². The SMILES string of the molecule is O=C(NOC1CCC(c2ccnc3ccc(F)cc23)CC1)Nc1ccc(Cl)cc1. The van der Waals surface area contributed by atoms with E-state index in [1.165, 1.54) is 6.07 Å². The molecule has 5 nitrogen and oxygen atoms in total. The number of benzene rings is 2. The Morgan fingerprint density at radius 3 is 2.59 bits per heavy atom. The van der Waals surface area contributed by atoms with E-state index < -0.39 is 6.03 Å². The molecule has 1 aromatic heterocycles. The second-order valence-electron chi connectivity index (χ2n) is 7.22. The van der Waals surface area contributed by atoms with Crippen LogP contribution in [0, 0.1) is 5.82 Å². The molecule has 0 bridgehead atoms. The molecular formula is C22H21ClFN3O2. The summed E-state index contributed by atoms with van der Waals surface area (Å²) in [6.45, 7) is 0. The van der Waals surface area contributed by atoms with Crippen molar-refractivity contribution in [2.75, 3.05) is 5.32 Å². The normalized spacial score (nSPS) is 19.1. The van der Waals surface area contributed by atoms with Gasteiger partial charge in [-0.2, -0.15) is 0 Å². The summed E-state index contributed by atoms with van der Waals surface area (Å²) in [5, 5.41) is 4.17. The number of amides is 2. The van der Waals surface area contributed by atoms with E-state index in [0.717, 1.165) is 42.1 Å². The fourth-order valence-electron chi connectivity index (χ4n) is 3.81. The number of anilines is 1. The maximum Gasteiger partial charge on any atom is 0.343 e. The van der Waals surface area contributed by atoms with Gasteiger partial charge in [-0.3, -0.25) is 9.82 Å². The van der Waals surface area contributed by atoms with E-state index in [-0.39, 0.29) is 11.9 Å². The van der Waals surface area contributed by atoms with Crippen LogP contribution in [0.1, 0.15) is 37.2 Å². The number of nitrogens with one attached hydrogen (secondary N) is 2. The Bertz CT molecular complexity index is 1000. The first-order valence-electron chi connectivity index (χ1n) is 9.61. The highest BCUT2D eigenvalue weighted by Crippen LogP contribution is 2.36. The standard InChI is InChI=1S/C22H21ClFN3O2/c23-15-3-6-17(7-4-15)26-22(28)27-29-18-8-1-14(2-9-18)19-11-12-25-21-10-5-16(24)13-20(19)21/h3-7,10-14,18H,1-2,8-9H2,(H2,26,27,28). The van der Waals surface area contributed by atoms with Crippen molar-refractivity contribution in [1.29, 1.82) is 0 Å². The van der Waals surface area contributed by atoms with Crippen molar-refractivity contribution in [2.45, 2.75) is 37.7 Å². The maximum absolute atomic E-state index is 13.7. The molecule has 0 saturated heterocycles. The van der Waals surface area contributed by atoms with Crippen LogP contribution in [0.5, 0.6) is 0 Å². The van der Waals surface area contributed by atoms with Gasteiger partial charge in [0.1, 0.15) is 5.82 Å². The van der Waals surface area contributed by atoms with Gasteiger partial charge in [0.25, 0.3) is 0 Å². The third kappa shape index (κ3) is 4.83. The van der Waals surface area contributed by atoms with Crippen molar-refractivity contribution in [3.63, 3.8) is 0 Å². The number of carbonyl (C=O) groups excluding carboxylic acids is 1. The van der Waals surface area contributed by atoms with Gasteiger partial charge in [0.2, 0.25) is 0 Å². The summed E-state index contributed by atoms with van der Waals surface area (Å²) in [7, 11) is 0. The highest BCUT2D eigenvalue weighted by atomic mass is 35.5. The van der Waals surface area contributed by atoms with E-state index >= 15 is 0 Å². The zero-order valence-corrected chi connectivity index (χ0v) is 16.5. The summed E-state index contributed by atoms with van der Waals surface area (Å²) in [4.78, 5) is 21.9. The monoisotopic (exact) mass is 413 g/mol. The Kier molecular flexibility index (Phi) is 5.92. The molecule has 1 fully saturated rings. The van der Waals surface area contributed by atoms with E-state index in [1.54, 1.807) is 42.6 Å². The molecule has 0 atom stereocenters. The van der Waals surface area contributed by atoms with Crippen LogP contribution in [0.3, 0.4) is 0 Å². The number of urea groups is 1. The summed E-state index contributed by atoms with van der Waals surface area (Å²) in [5.74, 6) is 0.0738. The van der Waals surface area contributed by atoms with Crippen LogP contribution in [0.2, 0.25) is 5.02 Å². The lowest BCUT2D eigenvalue weighted by molar-refractivity contribution is -0.0224. The van der Waals surface area contributed by atoms with Crippen LogP contribution in [0.15, 0.2) is 54.7 Å². The van der Waals surface area contributed by atoms with Gasteiger partial charge in [-0.25, -0.2) is 14.7 Å². The smallest absolute Gasteiger partial charge is 0.306 e. The minimum absolute atomic E-state index is 0.0490. The Hall–Kier alpha value is -2.70. The predicted octanol–water partition coefficient (Wildman–Crippen LogP) is 5.81. The van der Waals surface area contributed by atoms with Gasteiger partial charge < -0.3 is 5.32 Å². The zero-order chi connectivity index (χ0) is 20.2. The van der Waals surface area contributed by atoms with Gasteiger partial charge in [0, 0.05) is 22.3 Å². The number of hydrogen-bond acceptors (Lipinski definition) is 3. The third-order valence-corrected chi connectivity index (χ3v) is 5.52. The highest BCUT2D eigenvalue weighted by Gasteiger charge is 2.25. The first-order valence-corrected chi connectivity index (χ1v) is 9.98. The number of hydroxylamine groups is 1. The van der Waals surface area contributed by atoms with Gasteiger partial charge in [0.15, 0.2) is 0 Å². The van der Waals surface area contributed by atoms with Gasteiger partial charge >= 0.3 is 6.03 Å². The lowest BCUT2D eigenvalue weighted by Gasteiger charge is -2.29. The van der Waals surface area contributed by atoms with Crippen LogP contribution < -0.4 is 10.8 Å². The van der Waals surface area contributed by atoms with Crippen LogP contribution in [-0.2, 0) is 4.84 Å². The van der Waals surface area contributed by atoms with Crippen LogP contribution in [-0.4, -0.2) is 17.1 Å². The lowest BCUT2D eigenvalue weighted by atomic mass is 9.81. The van der Waals surface area contributed by atoms with Gasteiger partial charge in [0.05, 0.1) is 11.6 Å². The molecule has 0 spiro atoms.